The average molecular weight is 939 g/mol. The minimum Gasteiger partial charge on any atom is -0.458 e. The number of ether oxygens (including phenoxy) is 5. The van der Waals surface area contributed by atoms with Crippen LogP contribution in [0.2, 0.25) is 0 Å². The lowest BCUT2D eigenvalue weighted by molar-refractivity contribution is -0.136. The van der Waals surface area contributed by atoms with Gasteiger partial charge in [0.1, 0.15) is 24.4 Å². The summed E-state index contributed by atoms with van der Waals surface area (Å²) in [5, 5.41) is 26.7. The van der Waals surface area contributed by atoms with Gasteiger partial charge in [-0.3, -0.25) is 0 Å². The molecule has 0 bridgehead atoms. The molecule has 3 heterocycles. The van der Waals surface area contributed by atoms with Gasteiger partial charge >= 0.3 is 18.2 Å². The molecule has 0 aromatic rings. The fraction of sp³-hybridized carbons (Fsp3) is 0.768. The molecule has 11 aliphatic rings. The zero-order valence-electron chi connectivity index (χ0n) is 41.3. The van der Waals surface area contributed by atoms with Crippen LogP contribution in [0, 0.1) is 57.7 Å². The van der Waals surface area contributed by atoms with Gasteiger partial charge in [-0.05, 0) is 160 Å². The number of amides is 2. The third-order valence-electron chi connectivity index (χ3n) is 20.5. The van der Waals surface area contributed by atoms with Crippen LogP contribution in [0.3, 0.4) is 0 Å². The third kappa shape index (κ3) is 7.27. The van der Waals surface area contributed by atoms with Crippen LogP contribution < -0.4 is 10.6 Å². The molecule has 2 amide bonds. The van der Waals surface area contributed by atoms with Gasteiger partial charge in [-0.1, -0.05) is 77.8 Å². The molecule has 3 unspecified atom stereocenters. The Labute approximate surface area is 403 Å². The number of epoxide rings is 2. The predicted molar refractivity (Wildman–Crippen MR) is 255 cm³/mol. The van der Waals surface area contributed by atoms with Crippen molar-refractivity contribution >= 4 is 18.2 Å². The molecule has 8 aliphatic carbocycles. The van der Waals surface area contributed by atoms with E-state index in [2.05, 4.69) is 76.1 Å². The van der Waals surface area contributed by atoms with Crippen LogP contribution in [-0.4, -0.2) is 95.9 Å². The number of hydrogen-bond donors (Lipinski definition) is 4. The molecule has 12 nitrogen and oxygen atoms in total. The number of fused-ring (bicyclic) bond motifs is 5. The first-order valence-corrected chi connectivity index (χ1v) is 26.9. The quantitative estimate of drug-likeness (QED) is 0.0409. The number of carbonyl (C=O) groups excluding carboxylic acids is 3. The summed E-state index contributed by atoms with van der Waals surface area (Å²) in [5.41, 5.74) is 3.88. The molecule has 11 rings (SSSR count). The Morgan fingerprint density at radius 1 is 0.912 bits per heavy atom. The van der Waals surface area contributed by atoms with Crippen LogP contribution in [0.25, 0.3) is 0 Å². The molecule has 2 saturated heterocycles. The van der Waals surface area contributed by atoms with E-state index < -0.39 is 23.4 Å². The van der Waals surface area contributed by atoms with Crippen LogP contribution in [0.4, 0.5) is 9.59 Å². The topological polar surface area (TPSA) is 168 Å². The summed E-state index contributed by atoms with van der Waals surface area (Å²) >= 11 is 0. The van der Waals surface area contributed by atoms with E-state index in [1.165, 1.54) is 31.3 Å². The van der Waals surface area contributed by atoms with Crippen LogP contribution in [0.5, 0.6) is 0 Å². The number of unbranched alkanes of at least 4 members (excludes halogenated alkanes) is 3. The largest absolute Gasteiger partial charge is 0.458 e. The minimum atomic E-state index is -0.670. The monoisotopic (exact) mass is 939 g/mol. The predicted octanol–water partition coefficient (Wildman–Crippen LogP) is 9.10. The van der Waals surface area contributed by atoms with Gasteiger partial charge in [0.05, 0.1) is 24.4 Å². The molecule has 3 aliphatic heterocycles. The van der Waals surface area contributed by atoms with Crippen molar-refractivity contribution in [2.45, 2.75) is 192 Å². The number of aliphatic hydroxyl groups excluding tert-OH is 2. The highest BCUT2D eigenvalue weighted by atomic mass is 16.7. The minimum absolute atomic E-state index is 0.0741. The molecule has 7 saturated carbocycles. The number of cyclic esters (lactones) is 1. The molecule has 0 aromatic heterocycles. The van der Waals surface area contributed by atoms with Crippen molar-refractivity contribution in [2.75, 3.05) is 19.7 Å². The van der Waals surface area contributed by atoms with Gasteiger partial charge in [0.25, 0.3) is 0 Å². The lowest BCUT2D eigenvalue weighted by atomic mass is 9.46. The van der Waals surface area contributed by atoms with Gasteiger partial charge in [-0.25, -0.2) is 14.4 Å². The highest BCUT2D eigenvalue weighted by Gasteiger charge is 3.00. The van der Waals surface area contributed by atoms with E-state index in [4.69, 9.17) is 23.7 Å². The number of rotatable bonds is 15. The zero-order valence-corrected chi connectivity index (χ0v) is 41.3. The second-order valence-electron chi connectivity index (χ2n) is 24.2. The van der Waals surface area contributed by atoms with E-state index in [1.807, 2.05) is 0 Å². The molecule has 16 atom stereocenters. The second-order valence-corrected chi connectivity index (χ2v) is 24.2. The zero-order chi connectivity index (χ0) is 47.5. The normalized spacial score (nSPS) is 44.7. The Kier molecular flexibility index (Phi) is 11.8. The fourth-order valence-electron chi connectivity index (χ4n) is 16.6. The van der Waals surface area contributed by atoms with E-state index in [1.54, 1.807) is 0 Å². The number of carbonyl (C=O) groups is 3. The van der Waals surface area contributed by atoms with Gasteiger partial charge in [-0.15, -0.1) is 0 Å². The molecule has 4 N–H and O–H groups in total. The van der Waals surface area contributed by atoms with Crippen LogP contribution in [-0.2, 0) is 28.5 Å². The molecule has 372 valence electrons. The Bertz CT molecular complexity index is 2210. The van der Waals surface area contributed by atoms with Crippen molar-refractivity contribution in [3.63, 3.8) is 0 Å². The van der Waals surface area contributed by atoms with Crippen molar-refractivity contribution in [1.82, 2.24) is 10.6 Å². The maximum atomic E-state index is 13.6. The molecular formula is C56H78N2O10. The number of hydrogen-bond acceptors (Lipinski definition) is 10. The number of nitrogens with one attached hydrogen (secondary N) is 2. The Hall–Kier alpha value is -3.45. The molecule has 12 heteroatoms. The Morgan fingerprint density at radius 2 is 1.68 bits per heavy atom. The van der Waals surface area contributed by atoms with Crippen molar-refractivity contribution in [1.29, 1.82) is 0 Å². The van der Waals surface area contributed by atoms with Crippen molar-refractivity contribution in [2.24, 2.45) is 57.7 Å². The molecule has 9 fully saturated rings. The molecular weight excluding hydrogens is 861 g/mol. The maximum absolute atomic E-state index is 13.6. The first kappa shape index (κ1) is 46.9. The summed E-state index contributed by atoms with van der Waals surface area (Å²) in [6, 6.07) is 0. The summed E-state index contributed by atoms with van der Waals surface area (Å²) in [5.74, 6) is 2.47. The maximum Gasteiger partial charge on any atom is 0.407 e. The highest BCUT2D eigenvalue weighted by Crippen LogP contribution is 2.87. The SMILES string of the molecule is C=C1/C(=C\C=C2/CCC[C@@]3(C)C2CCC3[C@@H](C)/C=C/C(OC(=O)NCCCCCCNC(=O)O[C@@H]2[C@@]3(C(C)C)C[C@H]3[C@@H]3O[C@]34[C@]23O[C@H]3C[C@H]2C3=C(CC[C@@]24C)C(=O)OC3)C2CC2)C[C@@H](O)C[C@@H]1O. The van der Waals surface area contributed by atoms with Gasteiger partial charge in [0.2, 0.25) is 0 Å². The lowest BCUT2D eigenvalue weighted by Crippen LogP contribution is -2.68. The first-order valence-electron chi connectivity index (χ1n) is 26.9. The van der Waals surface area contributed by atoms with Crippen molar-refractivity contribution in [3.05, 3.63) is 58.7 Å². The van der Waals surface area contributed by atoms with Crippen LogP contribution in [0.1, 0.15) is 144 Å². The number of allylic oxidation sites excluding steroid dienone is 4. The van der Waals surface area contributed by atoms with Crippen molar-refractivity contribution in [3.8, 4) is 0 Å². The summed E-state index contributed by atoms with van der Waals surface area (Å²) < 4.78 is 31.9. The highest BCUT2D eigenvalue weighted by molar-refractivity contribution is 5.92. The van der Waals surface area contributed by atoms with Crippen LogP contribution >= 0.6 is 0 Å². The van der Waals surface area contributed by atoms with E-state index in [0.29, 0.717) is 74.5 Å². The van der Waals surface area contributed by atoms with Crippen LogP contribution in [0.15, 0.2) is 58.7 Å². The molecule has 0 radical (unpaired) electrons. The smallest absolute Gasteiger partial charge is 0.407 e. The summed E-state index contributed by atoms with van der Waals surface area (Å²) in [4.78, 5) is 39.2. The van der Waals surface area contributed by atoms with E-state index >= 15 is 0 Å². The Morgan fingerprint density at radius 3 is 2.43 bits per heavy atom. The molecule has 0 aromatic carbocycles. The Balaban J connectivity index is 0.619. The standard InChI is InChI=1S/C56H78N2O10/c1-31(2)54-29-43(54)47-56(68-47)53(6)23-21-38-39(30-64-48(38)61)42(53)28-46-55(56,67-46)49(54)66-51(63)58-25-10-8-7-9-24-57-50(62)65-45(35-15-16-35)20-13-32(3)40-18-19-41-34(12-11-22-52(40,41)5)14-17-36-26-37(59)27-44(60)33(36)4/h13-14,17,20,31-32,35,37,40-47,49,59-60H,4,7-12,15-16,18-19,21-30H2,1-3,5-6H3,(H,57,62)(H,58,63)/b20-13+,34-14+,36-17-/t32-,37+,40?,41?,42-,43-,44-,45?,46-,47-,49+,52+,53-,54+,55+,56+/m0/s1. The van der Waals surface area contributed by atoms with E-state index in [9.17, 15) is 24.6 Å². The van der Waals surface area contributed by atoms with Crippen molar-refractivity contribution < 1.29 is 48.3 Å². The number of alkyl carbamates (subject to hydrolysis) is 2. The summed E-state index contributed by atoms with van der Waals surface area (Å²) in [6.07, 6.45) is 22.1. The summed E-state index contributed by atoms with van der Waals surface area (Å²) in [6.45, 7) is 17.2. The van der Waals surface area contributed by atoms with Gasteiger partial charge < -0.3 is 44.5 Å². The summed E-state index contributed by atoms with van der Waals surface area (Å²) in [7, 11) is 0. The van der Waals surface area contributed by atoms with E-state index in [0.717, 1.165) is 86.5 Å². The van der Waals surface area contributed by atoms with Gasteiger partial charge in [0.15, 0.2) is 5.60 Å². The van der Waals surface area contributed by atoms with Gasteiger partial charge in [-0.2, -0.15) is 0 Å². The third-order valence-corrected chi connectivity index (χ3v) is 20.5. The lowest BCUT2D eigenvalue weighted by Gasteiger charge is -2.54. The van der Waals surface area contributed by atoms with E-state index in [-0.39, 0.29) is 64.7 Å². The van der Waals surface area contributed by atoms with Gasteiger partial charge in [0, 0.05) is 35.9 Å². The molecule has 2 spiro atoms. The second kappa shape index (κ2) is 17.1. The number of esters is 1. The molecule has 68 heavy (non-hydrogen) atoms. The number of aliphatic hydroxyl groups is 2. The average Bonchev–Trinajstić information content (AvgIpc) is 4.14. The first-order chi connectivity index (χ1) is 32.6. The fourth-order valence-corrected chi connectivity index (χ4v) is 16.6.